The van der Waals surface area contributed by atoms with Crippen molar-refractivity contribution in [2.45, 2.75) is 33.1 Å². The highest BCUT2D eigenvalue weighted by molar-refractivity contribution is 5.97. The van der Waals surface area contributed by atoms with Gasteiger partial charge < -0.3 is 14.7 Å². The summed E-state index contributed by atoms with van der Waals surface area (Å²) in [5.41, 5.74) is 0.360. The second-order valence-electron chi connectivity index (χ2n) is 6.11. The second kappa shape index (κ2) is 6.83. The Morgan fingerprint density at radius 2 is 2.10 bits per heavy atom. The molecular formula is C17H25NO3. The van der Waals surface area contributed by atoms with E-state index in [2.05, 4.69) is 13.8 Å². The number of nitrogens with zero attached hydrogens (tertiary/aromatic N) is 1. The highest BCUT2D eigenvalue weighted by Crippen LogP contribution is 2.28. The minimum absolute atomic E-state index is 0.0102. The van der Waals surface area contributed by atoms with E-state index >= 15 is 0 Å². The number of benzene rings is 1. The number of methoxy groups -OCH3 is 1. The lowest BCUT2D eigenvalue weighted by Crippen LogP contribution is -2.32. The smallest absolute Gasteiger partial charge is 0.257 e. The molecule has 1 fully saturated rings. The summed E-state index contributed by atoms with van der Waals surface area (Å²) in [6.07, 6.45) is 3.25. The minimum atomic E-state index is -0.0837. The Hall–Kier alpha value is -1.71. The molecule has 1 amide bonds. The summed E-state index contributed by atoms with van der Waals surface area (Å²) in [5, 5.41) is 10.0. The molecule has 0 aromatic heterocycles. The lowest BCUT2D eigenvalue weighted by Gasteiger charge is -2.22. The van der Waals surface area contributed by atoms with Crippen molar-refractivity contribution in [3.8, 4) is 11.5 Å². The van der Waals surface area contributed by atoms with Crippen LogP contribution in [0.3, 0.4) is 0 Å². The normalized spacial score (nSPS) is 19.4. The predicted molar refractivity (Wildman–Crippen MR) is 82.7 cm³/mol. The number of ether oxygens (including phenoxy) is 1. The number of rotatable bonds is 3. The van der Waals surface area contributed by atoms with Gasteiger partial charge in [-0.2, -0.15) is 0 Å². The summed E-state index contributed by atoms with van der Waals surface area (Å²) < 4.78 is 5.05. The fraction of sp³-hybridized carbons (Fsp3) is 0.588. The molecule has 116 valence electrons. The van der Waals surface area contributed by atoms with Gasteiger partial charge in [0.1, 0.15) is 11.5 Å². The number of carbonyl (C=O) groups excluding carboxylic acids is 1. The van der Waals surface area contributed by atoms with Gasteiger partial charge in [-0.1, -0.05) is 13.8 Å². The molecule has 4 heteroatoms. The molecule has 1 atom stereocenters. The first-order chi connectivity index (χ1) is 10.0. The Bertz CT molecular complexity index is 499. The summed E-state index contributed by atoms with van der Waals surface area (Å²) >= 11 is 0. The average molecular weight is 291 g/mol. The van der Waals surface area contributed by atoms with Crippen LogP contribution in [-0.4, -0.2) is 36.1 Å². The number of phenolic OH excluding ortho intramolecular Hbond substituents is 1. The molecule has 1 unspecified atom stereocenters. The Morgan fingerprint density at radius 1 is 1.33 bits per heavy atom. The van der Waals surface area contributed by atoms with E-state index in [1.807, 2.05) is 4.90 Å². The van der Waals surface area contributed by atoms with Gasteiger partial charge in [-0.05, 0) is 43.2 Å². The topological polar surface area (TPSA) is 49.8 Å². The van der Waals surface area contributed by atoms with Crippen molar-refractivity contribution in [3.05, 3.63) is 23.8 Å². The zero-order valence-electron chi connectivity index (χ0n) is 13.1. The molecular weight excluding hydrogens is 266 g/mol. The molecule has 1 N–H and O–H groups in total. The molecule has 1 aromatic carbocycles. The summed E-state index contributed by atoms with van der Waals surface area (Å²) in [7, 11) is 1.54. The maximum absolute atomic E-state index is 12.6. The fourth-order valence-electron chi connectivity index (χ4n) is 2.98. The quantitative estimate of drug-likeness (QED) is 0.929. The van der Waals surface area contributed by atoms with Crippen molar-refractivity contribution < 1.29 is 14.6 Å². The van der Waals surface area contributed by atoms with Crippen LogP contribution < -0.4 is 4.74 Å². The zero-order valence-corrected chi connectivity index (χ0v) is 13.1. The lowest BCUT2D eigenvalue weighted by atomic mass is 9.89. The molecule has 1 aromatic rings. The SMILES string of the molecule is COc1ccc(C(=O)N2CCCC(C(C)C)CC2)c(O)c1. The van der Waals surface area contributed by atoms with Gasteiger partial charge >= 0.3 is 0 Å². The number of hydrogen-bond donors (Lipinski definition) is 1. The van der Waals surface area contributed by atoms with Crippen LogP contribution in [0.15, 0.2) is 18.2 Å². The van der Waals surface area contributed by atoms with E-state index in [9.17, 15) is 9.90 Å². The maximum Gasteiger partial charge on any atom is 0.257 e. The Morgan fingerprint density at radius 3 is 2.71 bits per heavy atom. The molecule has 1 saturated heterocycles. The number of likely N-dealkylation sites (tertiary alicyclic amines) is 1. The summed E-state index contributed by atoms with van der Waals surface area (Å²) in [5.74, 6) is 1.81. The fourth-order valence-corrected chi connectivity index (χ4v) is 2.98. The first-order valence-corrected chi connectivity index (χ1v) is 7.69. The molecule has 21 heavy (non-hydrogen) atoms. The van der Waals surface area contributed by atoms with E-state index in [1.165, 1.54) is 19.6 Å². The number of carbonyl (C=O) groups is 1. The van der Waals surface area contributed by atoms with Gasteiger partial charge in [-0.25, -0.2) is 0 Å². The monoisotopic (exact) mass is 291 g/mol. The molecule has 0 bridgehead atoms. The van der Waals surface area contributed by atoms with Crippen LogP contribution in [0.1, 0.15) is 43.5 Å². The van der Waals surface area contributed by atoms with E-state index < -0.39 is 0 Å². The number of aromatic hydroxyl groups is 1. The van der Waals surface area contributed by atoms with Crippen LogP contribution in [0.5, 0.6) is 11.5 Å². The van der Waals surface area contributed by atoms with E-state index in [4.69, 9.17) is 4.74 Å². The van der Waals surface area contributed by atoms with Gasteiger partial charge in [0.2, 0.25) is 0 Å². The highest BCUT2D eigenvalue weighted by atomic mass is 16.5. The molecule has 0 spiro atoms. The maximum atomic E-state index is 12.6. The summed E-state index contributed by atoms with van der Waals surface area (Å²) in [6.45, 7) is 6.04. The average Bonchev–Trinajstić information content (AvgIpc) is 2.72. The first-order valence-electron chi connectivity index (χ1n) is 7.69. The third-order valence-electron chi connectivity index (χ3n) is 4.44. The third-order valence-corrected chi connectivity index (χ3v) is 4.44. The van der Waals surface area contributed by atoms with E-state index in [-0.39, 0.29) is 11.7 Å². The largest absolute Gasteiger partial charge is 0.507 e. The van der Waals surface area contributed by atoms with Gasteiger partial charge in [0.15, 0.2) is 0 Å². The van der Waals surface area contributed by atoms with Crippen molar-refractivity contribution in [3.63, 3.8) is 0 Å². The second-order valence-corrected chi connectivity index (χ2v) is 6.11. The van der Waals surface area contributed by atoms with Crippen molar-refractivity contribution in [1.29, 1.82) is 0 Å². The van der Waals surface area contributed by atoms with E-state index in [0.717, 1.165) is 25.9 Å². The Balaban J connectivity index is 2.09. The standard InChI is InChI=1S/C17H25NO3/c1-12(2)13-5-4-9-18(10-8-13)17(20)15-7-6-14(21-3)11-16(15)19/h6-7,11-13,19H,4-5,8-10H2,1-3H3. The highest BCUT2D eigenvalue weighted by Gasteiger charge is 2.24. The van der Waals surface area contributed by atoms with Crippen LogP contribution in [0.4, 0.5) is 0 Å². The predicted octanol–water partition coefficient (Wildman–Crippen LogP) is 3.30. The molecule has 2 rings (SSSR count). The molecule has 1 aliphatic rings. The molecule has 0 radical (unpaired) electrons. The van der Waals surface area contributed by atoms with Gasteiger partial charge in [-0.15, -0.1) is 0 Å². The first kappa shape index (κ1) is 15.7. The van der Waals surface area contributed by atoms with Crippen LogP contribution in [0, 0.1) is 11.8 Å². The van der Waals surface area contributed by atoms with Crippen LogP contribution in [0.2, 0.25) is 0 Å². The van der Waals surface area contributed by atoms with Crippen molar-refractivity contribution in [2.75, 3.05) is 20.2 Å². The van der Waals surface area contributed by atoms with Crippen molar-refractivity contribution in [1.82, 2.24) is 4.90 Å². The van der Waals surface area contributed by atoms with Gasteiger partial charge in [0.05, 0.1) is 12.7 Å². The van der Waals surface area contributed by atoms with Crippen LogP contribution >= 0.6 is 0 Å². The summed E-state index contributed by atoms with van der Waals surface area (Å²) in [4.78, 5) is 14.4. The van der Waals surface area contributed by atoms with E-state index in [0.29, 0.717) is 23.1 Å². The van der Waals surface area contributed by atoms with Crippen LogP contribution in [-0.2, 0) is 0 Å². The third kappa shape index (κ3) is 3.69. The van der Waals surface area contributed by atoms with Crippen LogP contribution in [0.25, 0.3) is 0 Å². The van der Waals surface area contributed by atoms with Gasteiger partial charge in [-0.3, -0.25) is 4.79 Å². The minimum Gasteiger partial charge on any atom is -0.507 e. The number of amides is 1. The number of phenols is 1. The molecule has 1 heterocycles. The molecule has 4 nitrogen and oxygen atoms in total. The zero-order chi connectivity index (χ0) is 15.4. The van der Waals surface area contributed by atoms with Gasteiger partial charge in [0.25, 0.3) is 5.91 Å². The molecule has 0 saturated carbocycles. The summed E-state index contributed by atoms with van der Waals surface area (Å²) in [6, 6.07) is 4.84. The van der Waals surface area contributed by atoms with Crippen molar-refractivity contribution in [2.24, 2.45) is 11.8 Å². The Kier molecular flexibility index (Phi) is 5.10. The number of hydrogen-bond acceptors (Lipinski definition) is 3. The molecule has 0 aliphatic carbocycles. The van der Waals surface area contributed by atoms with Crippen molar-refractivity contribution >= 4 is 5.91 Å². The Labute approximate surface area is 126 Å². The van der Waals surface area contributed by atoms with Gasteiger partial charge in [0, 0.05) is 19.2 Å². The lowest BCUT2D eigenvalue weighted by molar-refractivity contribution is 0.0755. The van der Waals surface area contributed by atoms with E-state index in [1.54, 1.807) is 12.1 Å². The molecule has 1 aliphatic heterocycles.